The number of rotatable bonds is 22. The number of nitro groups is 2. The number of aryl methyl sites for hydroxylation is 3. The normalized spacial score (nSPS) is 14.2. The highest BCUT2D eigenvalue weighted by Gasteiger charge is 2.43. The number of fused-ring (bicyclic) bond motifs is 12. The minimum atomic E-state index is -0.622. The fourth-order valence-electron chi connectivity index (χ4n) is 15.2. The summed E-state index contributed by atoms with van der Waals surface area (Å²) in [7, 11) is 0. The molecule has 8 heterocycles. The summed E-state index contributed by atoms with van der Waals surface area (Å²) < 4.78 is 11.0. The maximum absolute atomic E-state index is 11.7. The minimum absolute atomic E-state index is 0.0215. The molecule has 0 unspecified atom stereocenters. The Hall–Kier alpha value is -9.56. The van der Waals surface area contributed by atoms with Crippen molar-refractivity contribution in [3.8, 4) is 55.9 Å². The summed E-state index contributed by atoms with van der Waals surface area (Å²) in [6.07, 6.45) is 52.9. The molecule has 0 saturated heterocycles. The molecule has 14 nitrogen and oxygen atoms in total. The van der Waals surface area contributed by atoms with Crippen molar-refractivity contribution in [2.24, 2.45) is 0 Å². The van der Waals surface area contributed by atoms with Gasteiger partial charge in [-0.15, -0.1) is 0 Å². The van der Waals surface area contributed by atoms with Gasteiger partial charge in [0.1, 0.15) is 25.7 Å². The van der Waals surface area contributed by atoms with Gasteiger partial charge in [-0.2, -0.15) is 9.13 Å². The van der Waals surface area contributed by atoms with Crippen LogP contribution in [0.1, 0.15) is 217 Å². The van der Waals surface area contributed by atoms with Gasteiger partial charge in [-0.05, 0) is 98.7 Å². The van der Waals surface area contributed by atoms with E-state index in [2.05, 4.69) is 232 Å². The van der Waals surface area contributed by atoms with E-state index in [4.69, 9.17) is 0 Å². The van der Waals surface area contributed by atoms with Crippen LogP contribution < -0.4 is 22.8 Å². The Kier molecular flexibility index (Phi) is 21.9. The number of benzene rings is 2. The molecule has 14 rings (SSSR count). The lowest BCUT2D eigenvalue weighted by Gasteiger charge is -2.19. The van der Waals surface area contributed by atoms with Crippen LogP contribution in [0.5, 0.6) is 0 Å². The first-order valence-electron chi connectivity index (χ1n) is 36.3. The second kappa shape index (κ2) is 30.7. The van der Waals surface area contributed by atoms with Gasteiger partial charge in [-0.3, -0.25) is 35.2 Å². The van der Waals surface area contributed by atoms with Crippen molar-refractivity contribution in [3.05, 3.63) is 261 Å². The van der Waals surface area contributed by atoms with Gasteiger partial charge in [-0.1, -0.05) is 152 Å². The second-order valence-electron chi connectivity index (χ2n) is 29.4. The molecule has 0 saturated carbocycles. The number of aromatic nitrogens is 8. The Morgan fingerprint density at radius 2 is 0.687 bits per heavy atom. The first-order valence-corrected chi connectivity index (χ1v) is 36.3. The molecular weight excluding hydrogens is 1230 g/mol. The maximum Gasteiger partial charge on any atom is 0.347 e. The van der Waals surface area contributed by atoms with E-state index in [-0.39, 0.29) is 33.0 Å². The zero-order chi connectivity index (χ0) is 70.1. The van der Waals surface area contributed by atoms with E-state index in [9.17, 15) is 20.2 Å². The fourth-order valence-corrected chi connectivity index (χ4v) is 15.2. The van der Waals surface area contributed by atoms with E-state index in [1.807, 2.05) is 49.4 Å². The van der Waals surface area contributed by atoms with Gasteiger partial charge in [0.25, 0.3) is 11.4 Å². The average molecular weight is 1330 g/mol. The van der Waals surface area contributed by atoms with Crippen molar-refractivity contribution in [3.63, 3.8) is 0 Å². The Labute approximate surface area is 586 Å². The van der Waals surface area contributed by atoms with Crippen molar-refractivity contribution < 1.29 is 32.7 Å². The number of unbranched alkanes of at least 4 members (excludes halogenated alkanes) is 12. The Balaban J connectivity index is 0.000000138. The number of non-ortho nitro benzene ring substituents is 1. The molecule has 99 heavy (non-hydrogen) atoms. The van der Waals surface area contributed by atoms with Crippen LogP contribution in [0.15, 0.2) is 196 Å². The molecule has 14 heteroatoms. The number of hydrogen-bond donors (Lipinski definition) is 0. The first kappa shape index (κ1) is 70.7. The van der Waals surface area contributed by atoms with Crippen molar-refractivity contribution in [1.29, 1.82) is 0 Å². The quantitative estimate of drug-likeness (QED) is 0.0284. The molecule has 0 bridgehead atoms. The summed E-state index contributed by atoms with van der Waals surface area (Å²) in [5.74, 6) is 0. The Morgan fingerprint density at radius 1 is 0.354 bits per heavy atom. The highest BCUT2D eigenvalue weighted by molar-refractivity contribution is 5.82. The van der Waals surface area contributed by atoms with Crippen molar-refractivity contribution in [1.82, 2.24) is 15.0 Å². The molecule has 0 spiro atoms. The number of para-hydroxylation sites is 1. The fraction of sp³-hybridized carbons (Fsp3) is 0.388. The van der Waals surface area contributed by atoms with Gasteiger partial charge in [0, 0.05) is 161 Å². The maximum atomic E-state index is 11.7. The number of hydrogen-bond acceptors (Lipinski definition) is 7. The molecule has 0 amide bonds. The zero-order valence-corrected chi connectivity index (χ0v) is 60.3. The monoisotopic (exact) mass is 1330 g/mol. The highest BCUT2D eigenvalue weighted by atomic mass is 16.6. The van der Waals surface area contributed by atoms with Crippen LogP contribution in [0.25, 0.3) is 55.9 Å². The summed E-state index contributed by atoms with van der Waals surface area (Å²) in [5, 5.41) is 22.8. The third-order valence-electron chi connectivity index (χ3n) is 21.2. The molecule has 4 aliphatic carbocycles. The van der Waals surface area contributed by atoms with Crippen molar-refractivity contribution >= 4 is 11.4 Å². The van der Waals surface area contributed by atoms with E-state index < -0.39 is 9.85 Å². The third-order valence-corrected chi connectivity index (χ3v) is 21.2. The summed E-state index contributed by atoms with van der Waals surface area (Å²) in [5.41, 5.74) is 21.7. The van der Waals surface area contributed by atoms with E-state index in [1.165, 1.54) is 186 Å². The van der Waals surface area contributed by atoms with Crippen molar-refractivity contribution in [2.75, 3.05) is 0 Å². The van der Waals surface area contributed by atoms with Crippen LogP contribution in [0.3, 0.4) is 0 Å². The molecule has 0 aliphatic heterocycles. The standard InChI is InChI=1S/C26H30N4O4.C26H32N2.C20H27N2.C13H12N2/c1-4-5-6-7-8-13-27-14-11-20-21-12-15-28(18-23(21)26(2,3)22(20)17-27)24-10-9-19(29(31)32)16-25(24)30(33)34;1-4-5-6-7-11-16-27-17-14-22-23-15-18-28(21-12-9-8-10-13-21)20-25(23)26(2,3)24(22)19-27;1-4-5-6-7-8-12-22-13-10-17-16-9-11-21-14-18(16)20(2,3)19(17)15-22;1-13(2)11-7-14-5-3-9(11)10-4-6-15-8-12(10)13/h9-12,14-18H,4-8,13H2,1-3H3;8-10,12-15,17-20H,4-7,11,16H2,1-3H3;9-11,13-15H,4-8,12H2,1-3H3;3-8H,1-2H3/q2*+2;+1;. The third kappa shape index (κ3) is 14.9. The Bertz CT molecular complexity index is 4490. The van der Waals surface area contributed by atoms with Crippen LogP contribution in [0, 0.1) is 20.2 Å². The number of pyridine rings is 8. The number of nitro benzene ring substituents is 2. The second-order valence-corrected chi connectivity index (χ2v) is 29.4. The first-order chi connectivity index (χ1) is 47.7. The zero-order valence-electron chi connectivity index (χ0n) is 60.3. The lowest BCUT2D eigenvalue weighted by atomic mass is 9.84. The molecule has 0 N–H and O–H groups in total. The topological polar surface area (TPSA) is 144 Å². The highest BCUT2D eigenvalue weighted by Crippen LogP contribution is 2.51. The van der Waals surface area contributed by atoms with E-state index in [0.717, 1.165) is 43.2 Å². The smallest absolute Gasteiger partial charge is 0.264 e. The van der Waals surface area contributed by atoms with Gasteiger partial charge < -0.3 is 0 Å². The molecule has 0 fully saturated rings. The predicted octanol–water partition coefficient (Wildman–Crippen LogP) is 18.3. The van der Waals surface area contributed by atoms with E-state index in [0.29, 0.717) is 5.69 Å². The average Bonchev–Trinajstić information content (AvgIpc) is 1.63. The van der Waals surface area contributed by atoms with Crippen LogP contribution in [0.2, 0.25) is 0 Å². The Morgan fingerprint density at radius 3 is 1.07 bits per heavy atom. The molecule has 510 valence electrons. The molecule has 4 aliphatic rings. The van der Waals surface area contributed by atoms with Gasteiger partial charge in [-0.25, -0.2) is 13.7 Å². The van der Waals surface area contributed by atoms with Crippen LogP contribution in [-0.2, 0) is 41.3 Å². The van der Waals surface area contributed by atoms with Gasteiger partial charge in [0.15, 0.2) is 62.0 Å². The van der Waals surface area contributed by atoms with Crippen LogP contribution >= 0.6 is 0 Å². The van der Waals surface area contributed by atoms with Crippen molar-refractivity contribution in [2.45, 2.75) is 214 Å². The lowest BCUT2D eigenvalue weighted by Crippen LogP contribution is -2.35. The molecule has 10 aromatic rings. The summed E-state index contributed by atoms with van der Waals surface area (Å²) >= 11 is 0. The molecule has 2 aromatic carbocycles. The van der Waals surface area contributed by atoms with E-state index in [1.54, 1.807) is 10.8 Å². The molecular formula is C85H101N10O4+5. The summed E-state index contributed by atoms with van der Waals surface area (Å²) in [6, 6.07) is 31.7. The van der Waals surface area contributed by atoms with Gasteiger partial charge in [0.05, 0.1) is 9.85 Å². The lowest BCUT2D eigenvalue weighted by molar-refractivity contribution is -0.697. The summed E-state index contributed by atoms with van der Waals surface area (Å²) in [6.45, 7) is 28.1. The SMILES string of the molecule is CC1(C)c2cnccc2-c2ccncc21.CCCCCCC[n+]1ccc2c(c1)C(C)(C)c1c[n+](-c3ccc([N+](=O)[O-])cc3[N+](=O)[O-])ccc1-2.CCCCCCC[n+]1ccc2c(c1)C(C)(C)c1c[n+](-c3ccccc3)ccc1-2.CCCCCCC[n+]1ccc2c(c1)C(C)(C)c1cnccc1-2. The predicted molar refractivity (Wildman–Crippen MR) is 393 cm³/mol. The van der Waals surface area contributed by atoms with E-state index >= 15 is 0 Å². The minimum Gasteiger partial charge on any atom is -0.264 e. The van der Waals surface area contributed by atoms with Crippen LogP contribution in [0.4, 0.5) is 11.4 Å². The van der Waals surface area contributed by atoms with Crippen LogP contribution in [-0.4, -0.2) is 24.8 Å². The molecule has 8 aromatic heterocycles. The summed E-state index contributed by atoms with van der Waals surface area (Å²) in [4.78, 5) is 34.3. The molecule has 0 radical (unpaired) electrons. The number of nitrogens with zero attached hydrogens (tertiary/aromatic N) is 10. The van der Waals surface area contributed by atoms with Gasteiger partial charge >= 0.3 is 5.69 Å². The van der Waals surface area contributed by atoms with Gasteiger partial charge in [0.2, 0.25) is 5.69 Å². The largest absolute Gasteiger partial charge is 0.347 e. The molecule has 0 atom stereocenters.